The highest BCUT2D eigenvalue weighted by molar-refractivity contribution is 7.12. The van der Waals surface area contributed by atoms with Gasteiger partial charge in [-0.2, -0.15) is 0 Å². The van der Waals surface area contributed by atoms with E-state index in [0.717, 1.165) is 25.7 Å². The summed E-state index contributed by atoms with van der Waals surface area (Å²) in [5, 5.41) is 15.4. The van der Waals surface area contributed by atoms with E-state index in [1.807, 2.05) is 0 Å². The topological polar surface area (TPSA) is 49.3 Å². The second-order valence-electron chi connectivity index (χ2n) is 5.19. The lowest BCUT2D eigenvalue weighted by Crippen LogP contribution is -2.45. The average molecular weight is 288 g/mol. The molecule has 0 atom stereocenters. The SMILES string of the molecule is CC1CCC(O)(CNC(=O)c2sccc2Cl)CC1. The second-order valence-corrected chi connectivity index (χ2v) is 6.51. The van der Waals surface area contributed by atoms with Crippen molar-refractivity contribution in [3.8, 4) is 0 Å². The van der Waals surface area contributed by atoms with Crippen molar-refractivity contribution in [2.45, 2.75) is 38.2 Å². The molecule has 5 heteroatoms. The van der Waals surface area contributed by atoms with E-state index in [4.69, 9.17) is 11.6 Å². The number of aliphatic hydroxyl groups is 1. The van der Waals surface area contributed by atoms with Gasteiger partial charge in [-0.15, -0.1) is 11.3 Å². The molecule has 1 aliphatic rings. The van der Waals surface area contributed by atoms with Crippen LogP contribution < -0.4 is 5.32 Å². The van der Waals surface area contributed by atoms with E-state index in [9.17, 15) is 9.90 Å². The Morgan fingerprint density at radius 3 is 2.83 bits per heavy atom. The van der Waals surface area contributed by atoms with Crippen LogP contribution in [0.25, 0.3) is 0 Å². The predicted octanol–water partition coefficient (Wildman–Crippen LogP) is 3.07. The van der Waals surface area contributed by atoms with Gasteiger partial charge in [0.05, 0.1) is 10.6 Å². The molecule has 0 spiro atoms. The minimum absolute atomic E-state index is 0.193. The van der Waals surface area contributed by atoms with E-state index in [0.29, 0.717) is 22.4 Å². The Kier molecular flexibility index (Phi) is 4.30. The normalized spacial score (nSPS) is 28.1. The van der Waals surface area contributed by atoms with Gasteiger partial charge in [0, 0.05) is 6.54 Å². The Labute approximate surface area is 116 Å². The number of carbonyl (C=O) groups excluding carboxylic acids is 1. The summed E-state index contributed by atoms with van der Waals surface area (Å²) in [6, 6.07) is 1.71. The van der Waals surface area contributed by atoms with Crippen LogP contribution in [-0.4, -0.2) is 23.2 Å². The third-order valence-electron chi connectivity index (χ3n) is 3.61. The van der Waals surface area contributed by atoms with E-state index in [1.165, 1.54) is 11.3 Å². The number of rotatable bonds is 3. The van der Waals surface area contributed by atoms with Crippen molar-refractivity contribution < 1.29 is 9.90 Å². The van der Waals surface area contributed by atoms with E-state index in [-0.39, 0.29) is 5.91 Å². The fourth-order valence-electron chi connectivity index (χ4n) is 2.26. The summed E-state index contributed by atoms with van der Waals surface area (Å²) in [4.78, 5) is 12.4. The highest BCUT2D eigenvalue weighted by atomic mass is 35.5. The lowest BCUT2D eigenvalue weighted by atomic mass is 9.79. The van der Waals surface area contributed by atoms with Crippen molar-refractivity contribution in [3.05, 3.63) is 21.3 Å². The van der Waals surface area contributed by atoms with Gasteiger partial charge in [-0.3, -0.25) is 4.79 Å². The number of carbonyl (C=O) groups is 1. The molecule has 1 amide bonds. The largest absolute Gasteiger partial charge is 0.388 e. The zero-order valence-electron chi connectivity index (χ0n) is 10.4. The van der Waals surface area contributed by atoms with Crippen LogP contribution in [0.3, 0.4) is 0 Å². The number of hydrogen-bond acceptors (Lipinski definition) is 3. The van der Waals surface area contributed by atoms with Crippen molar-refractivity contribution in [1.29, 1.82) is 0 Å². The molecule has 100 valence electrons. The summed E-state index contributed by atoms with van der Waals surface area (Å²) in [5.74, 6) is 0.481. The predicted molar refractivity (Wildman–Crippen MR) is 74.2 cm³/mol. The molecule has 2 N–H and O–H groups in total. The first-order valence-corrected chi connectivity index (χ1v) is 7.49. The number of thiophene rings is 1. The van der Waals surface area contributed by atoms with Crippen LogP contribution in [0.5, 0.6) is 0 Å². The molecule has 1 fully saturated rings. The fourth-order valence-corrected chi connectivity index (χ4v) is 3.31. The Bertz CT molecular complexity index is 424. The monoisotopic (exact) mass is 287 g/mol. The molecule has 1 aromatic heterocycles. The van der Waals surface area contributed by atoms with Crippen LogP contribution >= 0.6 is 22.9 Å². The molecule has 0 aliphatic heterocycles. The maximum absolute atomic E-state index is 11.9. The molecule has 0 saturated heterocycles. The quantitative estimate of drug-likeness (QED) is 0.898. The first-order chi connectivity index (χ1) is 8.50. The standard InChI is InChI=1S/C13H18ClNO2S/c1-9-2-5-13(17,6-3-9)8-15-12(16)11-10(14)4-7-18-11/h4,7,9,17H,2-3,5-6,8H2,1H3,(H,15,16). The van der Waals surface area contributed by atoms with Gasteiger partial charge in [-0.25, -0.2) is 0 Å². The van der Waals surface area contributed by atoms with Crippen LogP contribution in [0, 0.1) is 5.92 Å². The third-order valence-corrected chi connectivity index (χ3v) is 4.95. The molecule has 1 aromatic rings. The molecule has 1 aliphatic carbocycles. The molecular weight excluding hydrogens is 270 g/mol. The molecule has 18 heavy (non-hydrogen) atoms. The van der Waals surface area contributed by atoms with Gasteiger partial charge < -0.3 is 10.4 Å². The van der Waals surface area contributed by atoms with Crippen molar-refractivity contribution in [3.63, 3.8) is 0 Å². The van der Waals surface area contributed by atoms with Gasteiger partial charge in [-0.05, 0) is 43.0 Å². The highest BCUT2D eigenvalue weighted by Gasteiger charge is 2.32. The fraction of sp³-hybridized carbons (Fsp3) is 0.615. The van der Waals surface area contributed by atoms with Crippen molar-refractivity contribution in [2.24, 2.45) is 5.92 Å². The highest BCUT2D eigenvalue weighted by Crippen LogP contribution is 2.31. The molecule has 0 unspecified atom stereocenters. The lowest BCUT2D eigenvalue weighted by molar-refractivity contribution is -0.00536. The number of nitrogens with one attached hydrogen (secondary N) is 1. The molecule has 3 nitrogen and oxygen atoms in total. The van der Waals surface area contributed by atoms with Gasteiger partial charge >= 0.3 is 0 Å². The van der Waals surface area contributed by atoms with E-state index < -0.39 is 5.60 Å². The summed E-state index contributed by atoms with van der Waals surface area (Å²) < 4.78 is 0. The summed E-state index contributed by atoms with van der Waals surface area (Å²) in [5.41, 5.74) is -0.744. The Morgan fingerprint density at radius 1 is 1.61 bits per heavy atom. The summed E-state index contributed by atoms with van der Waals surface area (Å²) in [6.45, 7) is 2.51. The Morgan fingerprint density at radius 2 is 2.28 bits per heavy atom. The minimum atomic E-state index is -0.744. The van der Waals surface area contributed by atoms with Crippen LogP contribution in [0.4, 0.5) is 0 Å². The third kappa shape index (κ3) is 3.25. The van der Waals surface area contributed by atoms with Gasteiger partial charge in [0.1, 0.15) is 4.88 Å². The van der Waals surface area contributed by atoms with E-state index >= 15 is 0 Å². The molecule has 0 radical (unpaired) electrons. The number of halogens is 1. The maximum Gasteiger partial charge on any atom is 0.262 e. The Balaban J connectivity index is 1.88. The smallest absolute Gasteiger partial charge is 0.262 e. The molecule has 0 aromatic carbocycles. The lowest BCUT2D eigenvalue weighted by Gasteiger charge is -2.34. The van der Waals surface area contributed by atoms with Gasteiger partial charge in [0.2, 0.25) is 0 Å². The first kappa shape index (κ1) is 13.8. The van der Waals surface area contributed by atoms with Crippen LogP contribution in [0.15, 0.2) is 11.4 Å². The van der Waals surface area contributed by atoms with Gasteiger partial charge in [0.25, 0.3) is 5.91 Å². The van der Waals surface area contributed by atoms with Gasteiger partial charge in [-0.1, -0.05) is 18.5 Å². The average Bonchev–Trinajstić information content (AvgIpc) is 2.77. The van der Waals surface area contributed by atoms with E-state index in [2.05, 4.69) is 12.2 Å². The minimum Gasteiger partial charge on any atom is -0.388 e. The summed E-state index contributed by atoms with van der Waals surface area (Å²) in [7, 11) is 0. The van der Waals surface area contributed by atoms with Crippen molar-refractivity contribution in [1.82, 2.24) is 5.32 Å². The van der Waals surface area contributed by atoms with Gasteiger partial charge in [0.15, 0.2) is 0 Å². The van der Waals surface area contributed by atoms with Crippen molar-refractivity contribution in [2.75, 3.05) is 6.54 Å². The zero-order chi connectivity index (χ0) is 13.2. The number of amides is 1. The zero-order valence-corrected chi connectivity index (χ0v) is 12.0. The molecule has 1 heterocycles. The van der Waals surface area contributed by atoms with Crippen LogP contribution in [0.2, 0.25) is 5.02 Å². The van der Waals surface area contributed by atoms with Crippen LogP contribution in [-0.2, 0) is 0 Å². The second kappa shape index (κ2) is 5.59. The molecule has 2 rings (SSSR count). The first-order valence-electron chi connectivity index (χ1n) is 6.24. The molecule has 0 bridgehead atoms. The number of hydrogen-bond donors (Lipinski definition) is 2. The van der Waals surface area contributed by atoms with Crippen molar-refractivity contribution >= 4 is 28.8 Å². The Hall–Kier alpha value is -0.580. The van der Waals surface area contributed by atoms with Crippen LogP contribution in [0.1, 0.15) is 42.3 Å². The maximum atomic E-state index is 11.9. The van der Waals surface area contributed by atoms with E-state index in [1.54, 1.807) is 11.4 Å². The molecular formula is C13H18ClNO2S. The summed E-state index contributed by atoms with van der Waals surface area (Å²) >= 11 is 7.22. The molecule has 1 saturated carbocycles. The summed E-state index contributed by atoms with van der Waals surface area (Å²) in [6.07, 6.45) is 3.55.